The number of hydrogen-bond donors (Lipinski definition) is 0. The first-order valence-electron chi connectivity index (χ1n) is 6.08. The second-order valence-electron chi connectivity index (χ2n) is 4.65. The number of nitrogens with zero attached hydrogens (tertiary/aromatic N) is 1. The van der Waals surface area contributed by atoms with Gasteiger partial charge in [0.2, 0.25) is 5.91 Å². The van der Waals surface area contributed by atoms with E-state index in [0.29, 0.717) is 13.2 Å². The van der Waals surface area contributed by atoms with Gasteiger partial charge < -0.3 is 9.64 Å². The SMILES string of the molecule is CC(C)=CC(=O)N(C)CCOc1cccc(C)c1. The average molecular weight is 247 g/mol. The second-order valence-corrected chi connectivity index (χ2v) is 4.65. The van der Waals surface area contributed by atoms with Crippen molar-refractivity contribution in [3.8, 4) is 5.75 Å². The van der Waals surface area contributed by atoms with Gasteiger partial charge in [-0.3, -0.25) is 4.79 Å². The molecule has 3 heteroatoms. The number of hydrogen-bond acceptors (Lipinski definition) is 2. The summed E-state index contributed by atoms with van der Waals surface area (Å²) >= 11 is 0. The molecule has 0 aromatic heterocycles. The monoisotopic (exact) mass is 247 g/mol. The Labute approximate surface area is 109 Å². The van der Waals surface area contributed by atoms with Crippen LogP contribution < -0.4 is 4.74 Å². The predicted octanol–water partition coefficient (Wildman–Crippen LogP) is 2.80. The molecular weight excluding hydrogens is 226 g/mol. The van der Waals surface area contributed by atoms with Crippen LogP contribution in [-0.2, 0) is 4.79 Å². The first-order valence-corrected chi connectivity index (χ1v) is 6.08. The average Bonchev–Trinajstić information content (AvgIpc) is 2.28. The fraction of sp³-hybridized carbons (Fsp3) is 0.400. The second kappa shape index (κ2) is 6.84. The predicted molar refractivity (Wildman–Crippen MR) is 73.7 cm³/mol. The number of benzene rings is 1. The number of carbonyl (C=O) groups excluding carboxylic acids is 1. The fourth-order valence-electron chi connectivity index (χ4n) is 1.47. The molecule has 1 aromatic rings. The van der Waals surface area contributed by atoms with Gasteiger partial charge >= 0.3 is 0 Å². The third-order valence-corrected chi connectivity index (χ3v) is 2.47. The van der Waals surface area contributed by atoms with E-state index in [9.17, 15) is 4.79 Å². The van der Waals surface area contributed by atoms with E-state index in [2.05, 4.69) is 0 Å². The van der Waals surface area contributed by atoms with Gasteiger partial charge in [0.1, 0.15) is 12.4 Å². The standard InChI is InChI=1S/C15H21NO2/c1-12(2)10-15(17)16(4)8-9-18-14-7-5-6-13(3)11-14/h5-7,10-11H,8-9H2,1-4H3. The first kappa shape index (κ1) is 14.3. The fourth-order valence-corrected chi connectivity index (χ4v) is 1.47. The Morgan fingerprint density at radius 2 is 2.11 bits per heavy atom. The number of ether oxygens (including phenoxy) is 1. The van der Waals surface area contributed by atoms with Crippen molar-refractivity contribution in [2.75, 3.05) is 20.2 Å². The highest BCUT2D eigenvalue weighted by Crippen LogP contribution is 2.12. The van der Waals surface area contributed by atoms with E-state index < -0.39 is 0 Å². The molecule has 0 aliphatic rings. The minimum Gasteiger partial charge on any atom is -0.492 e. The van der Waals surface area contributed by atoms with Crippen molar-refractivity contribution in [1.29, 1.82) is 0 Å². The molecule has 98 valence electrons. The zero-order chi connectivity index (χ0) is 13.5. The molecule has 1 rings (SSSR count). The maximum absolute atomic E-state index is 11.6. The van der Waals surface area contributed by atoms with Crippen LogP contribution in [0.25, 0.3) is 0 Å². The Bertz CT molecular complexity index is 434. The van der Waals surface area contributed by atoms with E-state index in [1.807, 2.05) is 45.0 Å². The van der Waals surface area contributed by atoms with Crippen molar-refractivity contribution in [2.45, 2.75) is 20.8 Å². The van der Waals surface area contributed by atoms with Crippen LogP contribution in [0.4, 0.5) is 0 Å². The van der Waals surface area contributed by atoms with E-state index in [1.54, 1.807) is 18.0 Å². The van der Waals surface area contributed by atoms with Crippen LogP contribution in [0, 0.1) is 6.92 Å². The lowest BCUT2D eigenvalue weighted by atomic mass is 10.2. The molecule has 1 amide bonds. The van der Waals surface area contributed by atoms with Crippen LogP contribution >= 0.6 is 0 Å². The zero-order valence-electron chi connectivity index (χ0n) is 11.6. The number of carbonyl (C=O) groups is 1. The molecule has 0 bridgehead atoms. The Hall–Kier alpha value is -1.77. The van der Waals surface area contributed by atoms with Gasteiger partial charge in [0.25, 0.3) is 0 Å². The summed E-state index contributed by atoms with van der Waals surface area (Å²) in [5.41, 5.74) is 2.17. The van der Waals surface area contributed by atoms with Gasteiger partial charge in [-0.2, -0.15) is 0 Å². The molecule has 0 N–H and O–H groups in total. The largest absolute Gasteiger partial charge is 0.492 e. The maximum atomic E-state index is 11.6. The van der Waals surface area contributed by atoms with E-state index in [-0.39, 0.29) is 5.91 Å². The van der Waals surface area contributed by atoms with Crippen molar-refractivity contribution >= 4 is 5.91 Å². The third kappa shape index (κ3) is 5.04. The third-order valence-electron chi connectivity index (χ3n) is 2.47. The molecule has 0 aliphatic heterocycles. The van der Waals surface area contributed by atoms with Crippen molar-refractivity contribution in [3.63, 3.8) is 0 Å². The molecule has 0 unspecified atom stereocenters. The summed E-state index contributed by atoms with van der Waals surface area (Å²) in [6.45, 7) is 6.93. The van der Waals surface area contributed by atoms with Crippen LogP contribution in [-0.4, -0.2) is 31.0 Å². The van der Waals surface area contributed by atoms with Gasteiger partial charge in [0.05, 0.1) is 6.54 Å². The smallest absolute Gasteiger partial charge is 0.246 e. The molecule has 0 heterocycles. The van der Waals surface area contributed by atoms with E-state index >= 15 is 0 Å². The lowest BCUT2D eigenvalue weighted by Crippen LogP contribution is -2.29. The van der Waals surface area contributed by atoms with Crippen molar-refractivity contribution < 1.29 is 9.53 Å². The van der Waals surface area contributed by atoms with E-state index in [0.717, 1.165) is 11.3 Å². The molecule has 0 atom stereocenters. The first-order chi connectivity index (χ1) is 8.49. The molecule has 0 saturated carbocycles. The van der Waals surface area contributed by atoms with Crippen molar-refractivity contribution in [1.82, 2.24) is 4.90 Å². The van der Waals surface area contributed by atoms with Crippen LogP contribution in [0.5, 0.6) is 5.75 Å². The lowest BCUT2D eigenvalue weighted by molar-refractivity contribution is -0.125. The van der Waals surface area contributed by atoms with Gasteiger partial charge in [0.15, 0.2) is 0 Å². The summed E-state index contributed by atoms with van der Waals surface area (Å²) < 4.78 is 5.60. The summed E-state index contributed by atoms with van der Waals surface area (Å²) in [6, 6.07) is 7.89. The van der Waals surface area contributed by atoms with Crippen molar-refractivity contribution in [3.05, 3.63) is 41.5 Å². The number of likely N-dealkylation sites (N-methyl/N-ethyl adjacent to an activating group) is 1. The highest BCUT2D eigenvalue weighted by Gasteiger charge is 2.05. The van der Waals surface area contributed by atoms with Gasteiger partial charge in [0, 0.05) is 13.1 Å². The van der Waals surface area contributed by atoms with Gasteiger partial charge in [-0.15, -0.1) is 0 Å². The number of amides is 1. The molecule has 0 spiro atoms. The minimum absolute atomic E-state index is 0.0165. The highest BCUT2D eigenvalue weighted by atomic mass is 16.5. The van der Waals surface area contributed by atoms with E-state index in [1.165, 1.54) is 5.56 Å². The Morgan fingerprint density at radius 1 is 1.39 bits per heavy atom. The topological polar surface area (TPSA) is 29.5 Å². The quantitative estimate of drug-likeness (QED) is 0.749. The summed E-state index contributed by atoms with van der Waals surface area (Å²) in [4.78, 5) is 13.3. The minimum atomic E-state index is 0.0165. The van der Waals surface area contributed by atoms with Gasteiger partial charge in [-0.25, -0.2) is 0 Å². The summed E-state index contributed by atoms with van der Waals surface area (Å²) in [5.74, 6) is 0.862. The van der Waals surface area contributed by atoms with Gasteiger partial charge in [-0.05, 0) is 38.5 Å². The Morgan fingerprint density at radius 3 is 2.72 bits per heavy atom. The number of allylic oxidation sites excluding steroid dienone is 1. The normalized spacial score (nSPS) is 9.78. The number of rotatable bonds is 5. The maximum Gasteiger partial charge on any atom is 0.246 e. The van der Waals surface area contributed by atoms with Gasteiger partial charge in [-0.1, -0.05) is 17.7 Å². The molecular formula is C15H21NO2. The summed E-state index contributed by atoms with van der Waals surface area (Å²) in [6.07, 6.45) is 1.63. The molecule has 18 heavy (non-hydrogen) atoms. The molecule has 0 saturated heterocycles. The molecule has 3 nitrogen and oxygen atoms in total. The molecule has 0 aliphatic carbocycles. The van der Waals surface area contributed by atoms with E-state index in [4.69, 9.17) is 4.74 Å². The summed E-state index contributed by atoms with van der Waals surface area (Å²) in [5, 5.41) is 0. The Kier molecular flexibility index (Phi) is 5.43. The molecule has 1 aromatic carbocycles. The van der Waals surface area contributed by atoms with Crippen molar-refractivity contribution in [2.24, 2.45) is 0 Å². The lowest BCUT2D eigenvalue weighted by Gasteiger charge is -2.16. The Balaban J connectivity index is 2.38. The van der Waals surface area contributed by atoms with Crippen LogP contribution in [0.3, 0.4) is 0 Å². The number of aryl methyl sites for hydroxylation is 1. The summed E-state index contributed by atoms with van der Waals surface area (Å²) in [7, 11) is 1.78. The van der Waals surface area contributed by atoms with Crippen LogP contribution in [0.1, 0.15) is 19.4 Å². The molecule has 0 fully saturated rings. The molecule has 0 radical (unpaired) electrons. The highest BCUT2D eigenvalue weighted by molar-refractivity contribution is 5.87. The zero-order valence-corrected chi connectivity index (χ0v) is 11.6. The van der Waals surface area contributed by atoms with Crippen LogP contribution in [0.2, 0.25) is 0 Å². The van der Waals surface area contributed by atoms with Crippen LogP contribution in [0.15, 0.2) is 35.9 Å².